The third kappa shape index (κ3) is 12.3. The summed E-state index contributed by atoms with van der Waals surface area (Å²) in [4.78, 5) is 20.4. The van der Waals surface area contributed by atoms with E-state index in [1.165, 1.54) is 0 Å². The number of benzene rings is 2. The van der Waals surface area contributed by atoms with Gasteiger partial charge in [0.05, 0.1) is 11.1 Å². The molecule has 0 amide bonds. The van der Waals surface area contributed by atoms with Gasteiger partial charge in [-0.3, -0.25) is 0 Å². The number of aromatic carboxylic acids is 2. The average Bonchev–Trinajstić information content (AvgIpc) is 2.71. The van der Waals surface area contributed by atoms with E-state index in [1.807, 2.05) is 0 Å². The number of hydrogen-bond acceptors (Lipinski definition) is 4. The fourth-order valence-corrected chi connectivity index (χ4v) is 1.89. The van der Waals surface area contributed by atoms with Crippen LogP contribution in [0.1, 0.15) is 46.9 Å². The van der Waals surface area contributed by atoms with Crippen LogP contribution in [-0.2, 0) is 0 Å². The minimum atomic E-state index is -0.879. The van der Waals surface area contributed by atoms with Gasteiger partial charge in [0.1, 0.15) is 0 Å². The van der Waals surface area contributed by atoms with Crippen LogP contribution in [0, 0.1) is 5.92 Å². The number of hydrogen-bond donors (Lipinski definition) is 4. The quantitative estimate of drug-likeness (QED) is 0.587. The maximum atomic E-state index is 10.2. The van der Waals surface area contributed by atoms with E-state index in [0.29, 0.717) is 11.1 Å². The maximum Gasteiger partial charge on any atom is 0.335 e. The van der Waals surface area contributed by atoms with Gasteiger partial charge in [0.25, 0.3) is 0 Å². The van der Waals surface area contributed by atoms with Crippen LogP contribution in [0.15, 0.2) is 60.7 Å². The van der Waals surface area contributed by atoms with Gasteiger partial charge in [-0.25, -0.2) is 9.59 Å². The van der Waals surface area contributed by atoms with Crippen LogP contribution in [0.3, 0.4) is 0 Å². The normalized spacial score (nSPS) is 9.48. The van der Waals surface area contributed by atoms with Crippen molar-refractivity contribution in [2.45, 2.75) is 26.2 Å². The van der Waals surface area contributed by atoms with E-state index in [1.54, 1.807) is 60.7 Å². The molecule has 2 aromatic rings. The molecule has 0 aliphatic rings. The largest absolute Gasteiger partial charge is 0.478 e. The van der Waals surface area contributed by atoms with Crippen molar-refractivity contribution in [1.29, 1.82) is 0 Å². The molecule has 27 heavy (non-hydrogen) atoms. The van der Waals surface area contributed by atoms with Crippen molar-refractivity contribution in [2.24, 2.45) is 5.92 Å². The van der Waals surface area contributed by atoms with Crippen LogP contribution in [0.4, 0.5) is 0 Å². The Labute approximate surface area is 159 Å². The molecule has 2 rings (SSSR count). The van der Waals surface area contributed by atoms with Crippen LogP contribution in [0.25, 0.3) is 0 Å². The summed E-state index contributed by atoms with van der Waals surface area (Å²) < 4.78 is 0. The molecule has 0 spiro atoms. The topological polar surface area (TPSA) is 115 Å². The van der Waals surface area contributed by atoms with E-state index >= 15 is 0 Å². The van der Waals surface area contributed by atoms with Crippen LogP contribution < -0.4 is 0 Å². The summed E-state index contributed by atoms with van der Waals surface area (Å²) in [5.74, 6) is -1.64. The molecule has 148 valence electrons. The van der Waals surface area contributed by atoms with E-state index < -0.39 is 11.9 Å². The molecule has 2 aromatic carbocycles. The zero-order chi connectivity index (χ0) is 20.5. The summed E-state index contributed by atoms with van der Waals surface area (Å²) in [5.41, 5.74) is 0.662. The highest BCUT2D eigenvalue weighted by Gasteiger charge is 2.02. The molecular formula is C21H28O6. The lowest BCUT2D eigenvalue weighted by atomic mass is 10.0. The van der Waals surface area contributed by atoms with Crippen molar-refractivity contribution in [1.82, 2.24) is 0 Å². The highest BCUT2D eigenvalue weighted by molar-refractivity contribution is 5.87. The van der Waals surface area contributed by atoms with E-state index in [4.69, 9.17) is 20.4 Å². The summed E-state index contributed by atoms with van der Waals surface area (Å²) in [5, 5.41) is 34.0. The van der Waals surface area contributed by atoms with Gasteiger partial charge in [-0.1, -0.05) is 56.2 Å². The third-order valence-electron chi connectivity index (χ3n) is 3.52. The zero-order valence-corrected chi connectivity index (χ0v) is 15.5. The molecule has 0 bridgehead atoms. The molecule has 6 nitrogen and oxygen atoms in total. The van der Waals surface area contributed by atoms with Gasteiger partial charge in [-0.05, 0) is 30.7 Å². The van der Waals surface area contributed by atoms with E-state index in [9.17, 15) is 9.59 Å². The monoisotopic (exact) mass is 376 g/mol. The second-order valence-corrected chi connectivity index (χ2v) is 5.72. The minimum Gasteiger partial charge on any atom is -0.478 e. The Balaban J connectivity index is 0.000000376. The summed E-state index contributed by atoms with van der Waals surface area (Å²) in [6.07, 6.45) is 3.19. The number of aliphatic hydroxyl groups is 2. The lowest BCUT2D eigenvalue weighted by molar-refractivity contribution is 0.0686. The summed E-state index contributed by atoms with van der Waals surface area (Å²) in [6.45, 7) is 2.35. The molecule has 0 atom stereocenters. The molecule has 4 N–H and O–H groups in total. The second kappa shape index (κ2) is 15.5. The number of unbranched alkanes of at least 4 members (excludes halogenated alkanes) is 1. The first-order valence-electron chi connectivity index (χ1n) is 8.74. The first-order valence-corrected chi connectivity index (χ1v) is 8.74. The molecule has 0 aliphatic heterocycles. The van der Waals surface area contributed by atoms with Crippen LogP contribution in [0.2, 0.25) is 0 Å². The third-order valence-corrected chi connectivity index (χ3v) is 3.52. The Bertz CT molecular complexity index is 574. The van der Waals surface area contributed by atoms with Gasteiger partial charge in [0.2, 0.25) is 0 Å². The lowest BCUT2D eigenvalue weighted by Crippen LogP contribution is -2.10. The van der Waals surface area contributed by atoms with E-state index in [2.05, 4.69) is 6.92 Å². The fraction of sp³-hybridized carbons (Fsp3) is 0.333. The van der Waals surface area contributed by atoms with E-state index in [-0.39, 0.29) is 19.1 Å². The summed E-state index contributed by atoms with van der Waals surface area (Å²) >= 11 is 0. The minimum absolute atomic E-state index is 0.116. The van der Waals surface area contributed by atoms with Crippen LogP contribution in [0.5, 0.6) is 0 Å². The molecule has 0 aliphatic carbocycles. The second-order valence-electron chi connectivity index (χ2n) is 5.72. The molecule has 0 heterocycles. The van der Waals surface area contributed by atoms with Gasteiger partial charge < -0.3 is 20.4 Å². The number of rotatable bonds is 7. The fourth-order valence-electron chi connectivity index (χ4n) is 1.89. The molecular weight excluding hydrogens is 348 g/mol. The Kier molecular flexibility index (Phi) is 14.0. The van der Waals surface area contributed by atoms with Gasteiger partial charge in [0.15, 0.2) is 0 Å². The summed E-state index contributed by atoms with van der Waals surface area (Å²) in [7, 11) is 0. The number of carboxylic acids is 2. The van der Waals surface area contributed by atoms with Gasteiger partial charge in [-0.2, -0.15) is 0 Å². The molecule has 0 unspecified atom stereocenters. The van der Waals surface area contributed by atoms with Crippen molar-refractivity contribution in [3.63, 3.8) is 0 Å². The summed E-state index contributed by atoms with van der Waals surface area (Å²) in [6, 6.07) is 16.6. The number of carboxylic acid groups (broad SMARTS) is 2. The zero-order valence-electron chi connectivity index (χ0n) is 15.5. The van der Waals surface area contributed by atoms with Crippen molar-refractivity contribution >= 4 is 11.9 Å². The first-order chi connectivity index (χ1) is 13.0. The maximum absolute atomic E-state index is 10.2. The van der Waals surface area contributed by atoms with Crippen LogP contribution >= 0.6 is 0 Å². The molecule has 6 heteroatoms. The van der Waals surface area contributed by atoms with Crippen molar-refractivity contribution in [2.75, 3.05) is 13.2 Å². The van der Waals surface area contributed by atoms with Crippen molar-refractivity contribution in [3.8, 4) is 0 Å². The van der Waals surface area contributed by atoms with Gasteiger partial charge in [-0.15, -0.1) is 0 Å². The van der Waals surface area contributed by atoms with Crippen molar-refractivity contribution in [3.05, 3.63) is 71.8 Å². The number of aliphatic hydroxyl groups excluding tert-OH is 2. The first kappa shape index (κ1) is 24.3. The Morgan fingerprint density at radius 3 is 1.37 bits per heavy atom. The highest BCUT2D eigenvalue weighted by atomic mass is 16.4. The SMILES string of the molecule is CCCCC(CO)CO.O=C(O)c1ccccc1.O=C(O)c1ccccc1. The lowest BCUT2D eigenvalue weighted by Gasteiger charge is -2.07. The Morgan fingerprint density at radius 1 is 0.778 bits per heavy atom. The average molecular weight is 376 g/mol. The Morgan fingerprint density at radius 2 is 1.15 bits per heavy atom. The number of carbonyl (C=O) groups is 2. The van der Waals surface area contributed by atoms with Gasteiger partial charge >= 0.3 is 11.9 Å². The van der Waals surface area contributed by atoms with Crippen molar-refractivity contribution < 1.29 is 30.0 Å². The predicted octanol–water partition coefficient (Wildman–Crippen LogP) is 3.55. The molecule has 0 saturated carbocycles. The Hall–Kier alpha value is -2.70. The standard InChI is InChI=1S/2C7H6O2.C7H16O2/c2*8-7(9)6-4-2-1-3-5-6;1-2-3-4-7(5-8)6-9/h2*1-5H,(H,8,9);7-9H,2-6H2,1H3. The highest BCUT2D eigenvalue weighted by Crippen LogP contribution is 2.05. The van der Waals surface area contributed by atoms with Gasteiger partial charge in [0, 0.05) is 19.1 Å². The molecule has 0 fully saturated rings. The molecule has 0 radical (unpaired) electrons. The predicted molar refractivity (Wildman–Crippen MR) is 104 cm³/mol. The molecule has 0 aromatic heterocycles. The van der Waals surface area contributed by atoms with Crippen LogP contribution in [-0.4, -0.2) is 45.6 Å². The van der Waals surface area contributed by atoms with E-state index in [0.717, 1.165) is 19.3 Å². The molecule has 0 saturated heterocycles. The smallest absolute Gasteiger partial charge is 0.335 e.